The molecule has 1 heterocycles. The number of amides is 1. The van der Waals surface area contributed by atoms with Gasteiger partial charge < -0.3 is 10.1 Å². The Labute approximate surface area is 167 Å². The first-order valence-corrected chi connectivity index (χ1v) is 11.0. The molecule has 1 amide bonds. The van der Waals surface area contributed by atoms with Crippen molar-refractivity contribution < 1.29 is 17.9 Å². The van der Waals surface area contributed by atoms with Gasteiger partial charge in [-0.2, -0.15) is 4.31 Å². The van der Waals surface area contributed by atoms with E-state index in [9.17, 15) is 13.2 Å². The molecule has 0 unspecified atom stereocenters. The number of nitrogens with zero attached hydrogens (tertiary/aromatic N) is 1. The maximum atomic E-state index is 12.6. The number of sulfonamides is 1. The van der Waals surface area contributed by atoms with Gasteiger partial charge in [0, 0.05) is 23.2 Å². The smallest absolute Gasteiger partial charge is 0.259 e. The fraction of sp³-hybridized carbons (Fsp3) is 0.316. The topological polar surface area (TPSA) is 75.7 Å². The van der Waals surface area contributed by atoms with Crippen molar-refractivity contribution in [2.24, 2.45) is 0 Å². The van der Waals surface area contributed by atoms with Crippen LogP contribution in [0.4, 0.5) is 5.69 Å². The van der Waals surface area contributed by atoms with Gasteiger partial charge in [-0.15, -0.1) is 0 Å². The summed E-state index contributed by atoms with van der Waals surface area (Å²) in [5.74, 6) is 0.168. The quantitative estimate of drug-likeness (QED) is 0.721. The molecule has 0 spiro atoms. The molecule has 0 saturated carbocycles. The van der Waals surface area contributed by atoms with E-state index in [-0.39, 0.29) is 10.8 Å². The number of benzene rings is 2. The standard InChI is InChI=1S/C19H21BrN2O4S/c1-2-26-18-10-5-14(20)13-17(18)19(23)21-15-6-8-16(9-7-15)27(24,25)22-11-3-4-12-22/h5-10,13H,2-4,11-12H2,1H3,(H,21,23). The summed E-state index contributed by atoms with van der Waals surface area (Å²) in [6.07, 6.45) is 1.78. The van der Waals surface area contributed by atoms with Crippen molar-refractivity contribution in [2.75, 3.05) is 25.0 Å². The first-order valence-electron chi connectivity index (χ1n) is 8.75. The second-order valence-corrected chi connectivity index (χ2v) is 9.02. The Bertz CT molecular complexity index is 923. The molecule has 3 rings (SSSR count). The van der Waals surface area contributed by atoms with Crippen molar-refractivity contribution >= 4 is 37.5 Å². The zero-order valence-electron chi connectivity index (χ0n) is 14.9. The van der Waals surface area contributed by atoms with E-state index in [1.165, 1.54) is 16.4 Å². The highest BCUT2D eigenvalue weighted by molar-refractivity contribution is 9.10. The van der Waals surface area contributed by atoms with Gasteiger partial charge >= 0.3 is 0 Å². The van der Waals surface area contributed by atoms with Crippen LogP contribution in [-0.2, 0) is 10.0 Å². The van der Waals surface area contributed by atoms with E-state index in [0.717, 1.165) is 17.3 Å². The molecule has 2 aromatic rings. The van der Waals surface area contributed by atoms with E-state index >= 15 is 0 Å². The predicted molar refractivity (Wildman–Crippen MR) is 108 cm³/mol. The van der Waals surface area contributed by atoms with Gasteiger partial charge in [0.15, 0.2) is 0 Å². The fourth-order valence-corrected chi connectivity index (χ4v) is 4.83. The van der Waals surface area contributed by atoms with E-state index in [4.69, 9.17) is 4.74 Å². The lowest BCUT2D eigenvalue weighted by molar-refractivity contribution is 0.102. The lowest BCUT2D eigenvalue weighted by atomic mass is 10.2. The monoisotopic (exact) mass is 452 g/mol. The Balaban J connectivity index is 1.77. The average Bonchev–Trinajstić information content (AvgIpc) is 3.19. The van der Waals surface area contributed by atoms with Crippen LogP contribution < -0.4 is 10.1 Å². The summed E-state index contributed by atoms with van der Waals surface area (Å²) in [5.41, 5.74) is 0.919. The highest BCUT2D eigenvalue weighted by Gasteiger charge is 2.27. The number of ether oxygens (including phenoxy) is 1. The minimum absolute atomic E-state index is 0.236. The number of anilines is 1. The molecule has 1 saturated heterocycles. The fourth-order valence-electron chi connectivity index (χ4n) is 2.95. The number of nitrogens with one attached hydrogen (secondary N) is 1. The number of halogens is 1. The van der Waals surface area contributed by atoms with Crippen molar-refractivity contribution in [1.82, 2.24) is 4.31 Å². The van der Waals surface area contributed by atoms with Crippen molar-refractivity contribution in [3.63, 3.8) is 0 Å². The Kier molecular flexibility index (Phi) is 6.18. The number of carbonyl (C=O) groups is 1. The van der Waals surface area contributed by atoms with E-state index in [1.807, 2.05) is 6.92 Å². The molecule has 0 atom stereocenters. The van der Waals surface area contributed by atoms with E-state index in [0.29, 0.717) is 36.7 Å². The molecule has 27 heavy (non-hydrogen) atoms. The summed E-state index contributed by atoms with van der Waals surface area (Å²) in [7, 11) is -3.46. The summed E-state index contributed by atoms with van der Waals surface area (Å²) in [5, 5.41) is 2.78. The van der Waals surface area contributed by atoms with Gasteiger partial charge in [-0.3, -0.25) is 4.79 Å². The second-order valence-electron chi connectivity index (χ2n) is 6.16. The van der Waals surface area contributed by atoms with Gasteiger partial charge in [0.1, 0.15) is 5.75 Å². The van der Waals surface area contributed by atoms with Gasteiger partial charge in [-0.05, 0) is 62.2 Å². The van der Waals surface area contributed by atoms with Crippen LogP contribution in [0.2, 0.25) is 0 Å². The first-order chi connectivity index (χ1) is 12.9. The van der Waals surface area contributed by atoms with Crippen molar-refractivity contribution in [3.8, 4) is 5.75 Å². The van der Waals surface area contributed by atoms with Crippen molar-refractivity contribution in [1.29, 1.82) is 0 Å². The highest BCUT2D eigenvalue weighted by atomic mass is 79.9. The van der Waals surface area contributed by atoms with E-state index in [2.05, 4.69) is 21.2 Å². The summed E-state index contributed by atoms with van der Waals surface area (Å²) in [6, 6.07) is 11.5. The van der Waals surface area contributed by atoms with Crippen LogP contribution in [0, 0.1) is 0 Å². The van der Waals surface area contributed by atoms with Gasteiger partial charge in [-0.25, -0.2) is 8.42 Å². The van der Waals surface area contributed by atoms with Crippen molar-refractivity contribution in [3.05, 3.63) is 52.5 Å². The molecule has 1 aliphatic rings. The summed E-state index contributed by atoms with van der Waals surface area (Å²) < 4.78 is 32.9. The second kappa shape index (κ2) is 8.41. The third-order valence-electron chi connectivity index (χ3n) is 4.30. The summed E-state index contributed by atoms with van der Waals surface area (Å²) >= 11 is 3.36. The Morgan fingerprint density at radius 3 is 2.44 bits per heavy atom. The molecule has 0 bridgehead atoms. The lowest BCUT2D eigenvalue weighted by Gasteiger charge is -2.16. The molecule has 8 heteroatoms. The number of hydrogen-bond acceptors (Lipinski definition) is 4. The van der Waals surface area contributed by atoms with Crippen LogP contribution in [0.5, 0.6) is 5.75 Å². The van der Waals surface area contributed by atoms with Crippen LogP contribution in [0.25, 0.3) is 0 Å². The predicted octanol–water partition coefficient (Wildman–Crippen LogP) is 3.88. The van der Waals surface area contributed by atoms with E-state index in [1.54, 1.807) is 30.3 Å². The van der Waals surface area contributed by atoms with Crippen molar-refractivity contribution in [2.45, 2.75) is 24.7 Å². The van der Waals surface area contributed by atoms with Gasteiger partial charge in [0.05, 0.1) is 17.1 Å². The van der Waals surface area contributed by atoms with Crippen LogP contribution in [0.3, 0.4) is 0 Å². The number of rotatable bonds is 6. The van der Waals surface area contributed by atoms with Crippen LogP contribution in [0.1, 0.15) is 30.1 Å². The molecular weight excluding hydrogens is 432 g/mol. The Hall–Kier alpha value is -1.90. The van der Waals surface area contributed by atoms with Gasteiger partial charge in [0.25, 0.3) is 5.91 Å². The Morgan fingerprint density at radius 1 is 1.15 bits per heavy atom. The minimum Gasteiger partial charge on any atom is -0.493 e. The van der Waals surface area contributed by atoms with Gasteiger partial charge in [-0.1, -0.05) is 15.9 Å². The normalized spacial score (nSPS) is 14.9. The molecule has 0 radical (unpaired) electrons. The number of hydrogen-bond donors (Lipinski definition) is 1. The zero-order chi connectivity index (χ0) is 19.4. The van der Waals surface area contributed by atoms with Crippen LogP contribution in [0.15, 0.2) is 51.8 Å². The van der Waals surface area contributed by atoms with Crippen LogP contribution in [-0.4, -0.2) is 38.3 Å². The molecule has 1 fully saturated rings. The first kappa shape index (κ1) is 19.9. The molecule has 0 aliphatic carbocycles. The number of carbonyl (C=O) groups excluding carboxylic acids is 1. The zero-order valence-corrected chi connectivity index (χ0v) is 17.3. The van der Waals surface area contributed by atoms with E-state index < -0.39 is 10.0 Å². The maximum Gasteiger partial charge on any atom is 0.259 e. The average molecular weight is 453 g/mol. The molecule has 144 valence electrons. The minimum atomic E-state index is -3.46. The molecule has 1 aliphatic heterocycles. The highest BCUT2D eigenvalue weighted by Crippen LogP contribution is 2.26. The lowest BCUT2D eigenvalue weighted by Crippen LogP contribution is -2.27. The molecule has 0 aromatic heterocycles. The SMILES string of the molecule is CCOc1ccc(Br)cc1C(=O)Nc1ccc(S(=O)(=O)N2CCCC2)cc1. The molecule has 1 N–H and O–H groups in total. The molecule has 2 aromatic carbocycles. The maximum absolute atomic E-state index is 12.6. The third kappa shape index (κ3) is 4.51. The largest absolute Gasteiger partial charge is 0.493 e. The van der Waals surface area contributed by atoms with Crippen LogP contribution >= 0.6 is 15.9 Å². The Morgan fingerprint density at radius 2 is 1.81 bits per heavy atom. The third-order valence-corrected chi connectivity index (χ3v) is 6.71. The molecule has 6 nitrogen and oxygen atoms in total. The molecular formula is C19H21BrN2O4S. The van der Waals surface area contributed by atoms with Gasteiger partial charge in [0.2, 0.25) is 10.0 Å². The summed E-state index contributed by atoms with van der Waals surface area (Å²) in [6.45, 7) is 3.42. The summed E-state index contributed by atoms with van der Waals surface area (Å²) in [4.78, 5) is 12.9.